The highest BCUT2D eigenvalue weighted by Gasteiger charge is 2.23. The Morgan fingerprint density at radius 2 is 1.08 bits per heavy atom. The molecule has 0 amide bonds. The van der Waals surface area contributed by atoms with Gasteiger partial charge in [-0.25, -0.2) is 0 Å². The Morgan fingerprint density at radius 1 is 0.731 bits per heavy atom. The lowest BCUT2D eigenvalue weighted by Crippen LogP contribution is -2.07. The second kappa shape index (κ2) is 7.90. The number of benzene rings is 2. The highest BCUT2D eigenvalue weighted by molar-refractivity contribution is 7.76. The Morgan fingerprint density at radius 3 is 1.38 bits per heavy atom. The third-order valence-electron chi connectivity index (χ3n) is 3.69. The third kappa shape index (κ3) is 3.75. The summed E-state index contributed by atoms with van der Waals surface area (Å²) in [7, 11) is 3.12. The van der Waals surface area contributed by atoms with E-state index in [0.717, 1.165) is 22.7 Å². The molecule has 0 bridgehead atoms. The van der Waals surface area contributed by atoms with E-state index < -0.39 is 0 Å². The first-order chi connectivity index (χ1) is 12.5. The van der Waals surface area contributed by atoms with Crippen molar-refractivity contribution in [2.45, 2.75) is 0 Å². The predicted molar refractivity (Wildman–Crippen MR) is 106 cm³/mol. The van der Waals surface area contributed by atoms with Gasteiger partial charge in [0.1, 0.15) is 14.6 Å². The van der Waals surface area contributed by atoms with E-state index in [1.54, 1.807) is 62.8 Å². The minimum atomic E-state index is -0.220. The molecule has 0 atom stereocenters. The number of methoxy groups -OCH3 is 2. The van der Waals surface area contributed by atoms with Crippen molar-refractivity contribution in [1.82, 2.24) is 0 Å². The van der Waals surface area contributed by atoms with Crippen LogP contribution in [0.3, 0.4) is 0 Å². The van der Waals surface area contributed by atoms with Crippen molar-refractivity contribution in [2.24, 2.45) is 0 Å². The van der Waals surface area contributed by atoms with Gasteiger partial charge < -0.3 is 9.47 Å². The van der Waals surface area contributed by atoms with E-state index in [9.17, 15) is 9.59 Å². The van der Waals surface area contributed by atoms with Gasteiger partial charge in [-0.2, -0.15) is 0 Å². The van der Waals surface area contributed by atoms with Crippen molar-refractivity contribution < 1.29 is 19.1 Å². The molecule has 4 nitrogen and oxygen atoms in total. The van der Waals surface area contributed by atoms with Crippen molar-refractivity contribution in [1.29, 1.82) is 0 Å². The molecule has 0 saturated carbocycles. The van der Waals surface area contributed by atoms with Crippen LogP contribution in [0.5, 0.6) is 11.5 Å². The lowest BCUT2D eigenvalue weighted by Gasteiger charge is -2.05. The Hall–Kier alpha value is -2.35. The zero-order valence-corrected chi connectivity index (χ0v) is 16.4. The van der Waals surface area contributed by atoms with Gasteiger partial charge in [0, 0.05) is 11.1 Å². The zero-order valence-electron chi connectivity index (χ0n) is 14.0. The maximum Gasteiger partial charge on any atom is 0.204 e. The Balaban J connectivity index is 1.97. The van der Waals surface area contributed by atoms with Gasteiger partial charge >= 0.3 is 0 Å². The molecule has 3 aromatic rings. The molecule has 0 aliphatic heterocycles. The summed E-state index contributed by atoms with van der Waals surface area (Å²) in [6.07, 6.45) is 0. The van der Waals surface area contributed by atoms with Gasteiger partial charge in [-0.3, -0.25) is 9.59 Å². The Bertz CT molecular complexity index is 919. The highest BCUT2D eigenvalue weighted by Crippen LogP contribution is 2.30. The molecule has 2 aromatic carbocycles. The molecular formula is C19H14O4S3. The SMILES string of the molecule is COc1ccc(C(=O)c2sc(=S)sc2C(=O)c2ccc(OC)cc2)cc1. The van der Waals surface area contributed by atoms with Gasteiger partial charge in [0.2, 0.25) is 11.6 Å². The normalized spacial score (nSPS) is 10.4. The molecular weight excluding hydrogens is 388 g/mol. The average Bonchev–Trinajstić information content (AvgIpc) is 3.08. The van der Waals surface area contributed by atoms with Gasteiger partial charge in [0.25, 0.3) is 0 Å². The minimum Gasteiger partial charge on any atom is -0.497 e. The average molecular weight is 403 g/mol. The van der Waals surface area contributed by atoms with E-state index >= 15 is 0 Å². The number of rotatable bonds is 6. The smallest absolute Gasteiger partial charge is 0.204 e. The molecule has 0 radical (unpaired) electrons. The molecule has 1 heterocycles. The van der Waals surface area contributed by atoms with Crippen LogP contribution in [0.15, 0.2) is 48.5 Å². The van der Waals surface area contributed by atoms with Crippen LogP contribution in [0.1, 0.15) is 30.5 Å². The van der Waals surface area contributed by atoms with Crippen molar-refractivity contribution in [3.05, 3.63) is 72.5 Å². The first kappa shape index (κ1) is 18.4. The largest absolute Gasteiger partial charge is 0.497 e. The summed E-state index contributed by atoms with van der Waals surface area (Å²) in [5, 5.41) is 0. The van der Waals surface area contributed by atoms with Gasteiger partial charge in [-0.1, -0.05) is 12.2 Å². The number of ether oxygens (including phenoxy) is 2. The van der Waals surface area contributed by atoms with Gasteiger partial charge in [0.05, 0.1) is 24.0 Å². The van der Waals surface area contributed by atoms with E-state index in [1.807, 2.05) is 0 Å². The lowest BCUT2D eigenvalue weighted by molar-refractivity contribution is 0.101. The van der Waals surface area contributed by atoms with Gasteiger partial charge in [-0.05, 0) is 48.5 Å². The van der Waals surface area contributed by atoms with E-state index in [2.05, 4.69) is 0 Å². The molecule has 0 spiro atoms. The van der Waals surface area contributed by atoms with E-state index in [-0.39, 0.29) is 11.6 Å². The van der Waals surface area contributed by atoms with Crippen molar-refractivity contribution >= 4 is 46.5 Å². The van der Waals surface area contributed by atoms with Crippen LogP contribution in [0.25, 0.3) is 0 Å². The van der Waals surface area contributed by atoms with E-state index in [1.165, 1.54) is 0 Å². The summed E-state index contributed by atoms with van der Waals surface area (Å²) >= 11 is 7.56. The first-order valence-electron chi connectivity index (χ1n) is 7.55. The fourth-order valence-electron chi connectivity index (χ4n) is 2.33. The van der Waals surface area contributed by atoms with Crippen LogP contribution in [-0.2, 0) is 0 Å². The van der Waals surface area contributed by atoms with Gasteiger partial charge in [0.15, 0.2) is 0 Å². The highest BCUT2D eigenvalue weighted by atomic mass is 32.2. The quantitative estimate of drug-likeness (QED) is 0.428. The molecule has 0 saturated heterocycles. The van der Waals surface area contributed by atoms with Crippen LogP contribution in [0, 0.1) is 3.14 Å². The van der Waals surface area contributed by atoms with Crippen LogP contribution in [0.4, 0.5) is 0 Å². The second-order valence-electron chi connectivity index (χ2n) is 5.23. The van der Waals surface area contributed by atoms with Crippen LogP contribution < -0.4 is 9.47 Å². The molecule has 0 fully saturated rings. The molecule has 0 aliphatic rings. The predicted octanol–water partition coefficient (Wildman–Crippen LogP) is 5.02. The molecule has 1 aromatic heterocycles. The number of carbonyl (C=O) groups excluding carboxylic acids is 2. The summed E-state index contributed by atoms with van der Waals surface area (Å²) in [5.74, 6) is 0.881. The van der Waals surface area contributed by atoms with Crippen molar-refractivity contribution in [3.63, 3.8) is 0 Å². The van der Waals surface area contributed by atoms with Gasteiger partial charge in [-0.15, -0.1) is 22.7 Å². The molecule has 26 heavy (non-hydrogen) atoms. The summed E-state index contributed by atoms with van der Waals surface area (Å²) < 4.78 is 10.8. The molecule has 0 aliphatic carbocycles. The topological polar surface area (TPSA) is 52.6 Å². The van der Waals surface area contributed by atoms with Crippen molar-refractivity contribution in [3.8, 4) is 11.5 Å². The lowest BCUT2D eigenvalue weighted by atomic mass is 10.0. The van der Waals surface area contributed by atoms with Crippen LogP contribution >= 0.6 is 34.9 Å². The molecule has 0 N–H and O–H groups in total. The van der Waals surface area contributed by atoms with Crippen molar-refractivity contribution in [2.75, 3.05) is 14.2 Å². The maximum atomic E-state index is 12.9. The fraction of sp³-hybridized carbons (Fsp3) is 0.105. The second-order valence-corrected chi connectivity index (χ2v) is 8.45. The minimum absolute atomic E-state index is 0.220. The number of hydrogen-bond donors (Lipinski definition) is 0. The summed E-state index contributed by atoms with van der Waals surface area (Å²) in [5.41, 5.74) is 0.970. The molecule has 0 unspecified atom stereocenters. The molecule has 132 valence electrons. The molecule has 3 rings (SSSR count). The maximum absolute atomic E-state index is 12.9. The number of ketones is 2. The summed E-state index contributed by atoms with van der Waals surface area (Å²) in [6, 6.07) is 13.6. The summed E-state index contributed by atoms with van der Waals surface area (Å²) in [4.78, 5) is 26.5. The molecule has 7 heteroatoms. The standard InChI is InChI=1S/C19H14O4S3/c1-22-13-7-3-11(4-8-13)15(20)17-18(26-19(24)25-17)16(21)12-5-9-14(23-2)10-6-12/h3-10H,1-2H3. The number of carbonyl (C=O) groups is 2. The van der Waals surface area contributed by atoms with Crippen LogP contribution in [0.2, 0.25) is 0 Å². The third-order valence-corrected chi connectivity index (χ3v) is 6.34. The zero-order chi connectivity index (χ0) is 18.7. The fourth-order valence-corrected chi connectivity index (χ4v) is 4.87. The first-order valence-corrected chi connectivity index (χ1v) is 9.59. The number of hydrogen-bond acceptors (Lipinski definition) is 7. The monoisotopic (exact) mass is 402 g/mol. The Labute approximate surface area is 163 Å². The Kier molecular flexibility index (Phi) is 5.61. The van der Waals surface area contributed by atoms with Crippen LogP contribution in [-0.4, -0.2) is 25.8 Å². The van der Waals surface area contributed by atoms with E-state index in [4.69, 9.17) is 21.7 Å². The van der Waals surface area contributed by atoms with E-state index in [0.29, 0.717) is 35.5 Å². The summed E-state index contributed by atoms with van der Waals surface area (Å²) in [6.45, 7) is 0.